The van der Waals surface area contributed by atoms with Gasteiger partial charge in [-0.2, -0.15) is 0 Å². The van der Waals surface area contributed by atoms with Crippen LogP contribution in [0, 0.1) is 5.82 Å². The number of rotatable bonds is 5. The Morgan fingerprint density at radius 3 is 2.82 bits per heavy atom. The lowest BCUT2D eigenvalue weighted by atomic mass is 10.2. The highest BCUT2D eigenvalue weighted by Gasteiger charge is 2.16. The van der Waals surface area contributed by atoms with Gasteiger partial charge in [-0.15, -0.1) is 0 Å². The lowest BCUT2D eigenvalue weighted by Gasteiger charge is -2.15. The van der Waals surface area contributed by atoms with Crippen molar-refractivity contribution in [2.45, 2.75) is 19.6 Å². The highest BCUT2D eigenvalue weighted by Crippen LogP contribution is 2.21. The van der Waals surface area contributed by atoms with Gasteiger partial charge in [-0.05, 0) is 32.2 Å². The summed E-state index contributed by atoms with van der Waals surface area (Å²) >= 11 is 0. The third-order valence-electron chi connectivity index (χ3n) is 2.23. The van der Waals surface area contributed by atoms with Gasteiger partial charge in [-0.1, -0.05) is 0 Å². The lowest BCUT2D eigenvalue weighted by molar-refractivity contribution is -0.147. The molecule has 1 aromatic rings. The van der Waals surface area contributed by atoms with Crippen LogP contribution in [0.5, 0.6) is 5.75 Å². The number of halogens is 1. The molecule has 0 heterocycles. The van der Waals surface area contributed by atoms with Crippen molar-refractivity contribution in [2.24, 2.45) is 0 Å². The first-order valence-electron chi connectivity index (χ1n) is 5.26. The van der Waals surface area contributed by atoms with Gasteiger partial charge in [0.05, 0.1) is 7.11 Å². The molecule has 17 heavy (non-hydrogen) atoms. The maximum absolute atomic E-state index is 13.1. The Morgan fingerprint density at radius 1 is 1.53 bits per heavy atom. The molecule has 1 N–H and O–H groups in total. The second-order valence-electron chi connectivity index (χ2n) is 3.57. The first kappa shape index (κ1) is 13.4. The number of hydrogen-bond acceptors (Lipinski definition) is 4. The number of nitrogens with one attached hydrogen (secondary N) is 1. The molecule has 0 saturated carbocycles. The zero-order chi connectivity index (χ0) is 12.8. The molecule has 0 bridgehead atoms. The molecule has 0 fully saturated rings. The third kappa shape index (κ3) is 3.71. The Bertz CT molecular complexity index is 395. The summed E-state index contributed by atoms with van der Waals surface area (Å²) in [6.07, 6.45) is -0.721. The molecule has 1 unspecified atom stereocenters. The van der Waals surface area contributed by atoms with E-state index in [9.17, 15) is 9.18 Å². The Kier molecular flexibility index (Phi) is 4.90. The minimum atomic E-state index is -0.721. The summed E-state index contributed by atoms with van der Waals surface area (Å²) in [6, 6.07) is 4.16. The number of carbonyl (C=O) groups excluding carboxylic acids is 1. The van der Waals surface area contributed by atoms with E-state index >= 15 is 0 Å². The van der Waals surface area contributed by atoms with Crippen LogP contribution in [-0.2, 0) is 16.1 Å². The molecule has 4 nitrogen and oxygen atoms in total. The number of hydrogen-bond donors (Lipinski definition) is 1. The Hall–Kier alpha value is -1.62. The molecule has 0 amide bonds. The second kappa shape index (κ2) is 6.20. The summed E-state index contributed by atoms with van der Waals surface area (Å²) in [5, 5.41) is 2.91. The Balaban J connectivity index is 2.85. The summed E-state index contributed by atoms with van der Waals surface area (Å²) < 4.78 is 23.0. The van der Waals surface area contributed by atoms with Crippen LogP contribution in [0.2, 0.25) is 0 Å². The molecule has 0 saturated heterocycles. The molecule has 1 atom stereocenters. The zero-order valence-electron chi connectivity index (χ0n) is 10.1. The van der Waals surface area contributed by atoms with Crippen LogP contribution in [0.4, 0.5) is 4.39 Å². The van der Waals surface area contributed by atoms with Gasteiger partial charge in [0.1, 0.15) is 11.6 Å². The van der Waals surface area contributed by atoms with Gasteiger partial charge in [0.25, 0.3) is 0 Å². The summed E-state index contributed by atoms with van der Waals surface area (Å²) in [5.74, 6) is -0.336. The van der Waals surface area contributed by atoms with Crippen LogP contribution >= 0.6 is 0 Å². The molecule has 0 aliphatic carbocycles. The highest BCUT2D eigenvalue weighted by molar-refractivity contribution is 5.74. The molecule has 0 aliphatic heterocycles. The van der Waals surface area contributed by atoms with Crippen molar-refractivity contribution in [3.8, 4) is 5.75 Å². The number of benzene rings is 1. The largest absolute Gasteiger partial charge is 0.479 e. The Labute approximate surface area is 99.7 Å². The van der Waals surface area contributed by atoms with E-state index in [2.05, 4.69) is 10.1 Å². The monoisotopic (exact) mass is 241 g/mol. The average Bonchev–Trinajstić information content (AvgIpc) is 2.31. The van der Waals surface area contributed by atoms with E-state index in [1.165, 1.54) is 25.3 Å². The highest BCUT2D eigenvalue weighted by atomic mass is 19.1. The molecule has 5 heteroatoms. The Morgan fingerprint density at radius 2 is 2.24 bits per heavy atom. The molecular weight excluding hydrogens is 225 g/mol. The summed E-state index contributed by atoms with van der Waals surface area (Å²) in [4.78, 5) is 11.2. The fraction of sp³-hybridized carbons (Fsp3) is 0.417. The molecule has 0 aromatic heterocycles. The maximum Gasteiger partial charge on any atom is 0.346 e. The van der Waals surface area contributed by atoms with Crippen LogP contribution in [-0.4, -0.2) is 26.2 Å². The first-order valence-corrected chi connectivity index (χ1v) is 5.26. The fourth-order valence-corrected chi connectivity index (χ4v) is 1.40. The molecule has 1 aromatic carbocycles. The molecular formula is C12H16FNO3. The zero-order valence-corrected chi connectivity index (χ0v) is 10.1. The van der Waals surface area contributed by atoms with Gasteiger partial charge in [-0.3, -0.25) is 0 Å². The van der Waals surface area contributed by atoms with E-state index in [-0.39, 0.29) is 5.82 Å². The second-order valence-corrected chi connectivity index (χ2v) is 3.57. The van der Waals surface area contributed by atoms with Crippen LogP contribution < -0.4 is 10.1 Å². The number of methoxy groups -OCH3 is 1. The molecule has 94 valence electrons. The van der Waals surface area contributed by atoms with Gasteiger partial charge < -0.3 is 14.8 Å². The lowest BCUT2D eigenvalue weighted by Crippen LogP contribution is -2.25. The van der Waals surface area contributed by atoms with Crippen molar-refractivity contribution in [1.29, 1.82) is 0 Å². The topological polar surface area (TPSA) is 47.6 Å². The molecule has 1 rings (SSSR count). The number of esters is 1. The van der Waals surface area contributed by atoms with Crippen LogP contribution in [0.3, 0.4) is 0 Å². The first-order chi connectivity index (χ1) is 8.08. The van der Waals surface area contributed by atoms with Crippen LogP contribution in [0.25, 0.3) is 0 Å². The van der Waals surface area contributed by atoms with Crippen molar-refractivity contribution in [3.63, 3.8) is 0 Å². The maximum atomic E-state index is 13.1. The van der Waals surface area contributed by atoms with E-state index in [1.54, 1.807) is 14.0 Å². The van der Waals surface area contributed by atoms with Gasteiger partial charge in [-0.25, -0.2) is 9.18 Å². The third-order valence-corrected chi connectivity index (χ3v) is 2.23. The van der Waals surface area contributed by atoms with Crippen molar-refractivity contribution in [1.82, 2.24) is 5.32 Å². The predicted molar refractivity (Wildman–Crippen MR) is 61.3 cm³/mol. The SMILES string of the molecule is CNCc1cc(F)ccc1OC(C)C(=O)OC. The molecule has 0 spiro atoms. The van der Waals surface area contributed by atoms with E-state index < -0.39 is 12.1 Å². The van der Waals surface area contributed by atoms with E-state index in [1.807, 2.05) is 0 Å². The molecule has 0 aliphatic rings. The van der Waals surface area contributed by atoms with Crippen LogP contribution in [0.1, 0.15) is 12.5 Å². The normalized spacial score (nSPS) is 12.0. The number of ether oxygens (including phenoxy) is 2. The van der Waals surface area contributed by atoms with Gasteiger partial charge in [0, 0.05) is 12.1 Å². The number of carbonyl (C=O) groups is 1. The summed E-state index contributed by atoms with van der Waals surface area (Å²) in [5.41, 5.74) is 0.656. The van der Waals surface area contributed by atoms with E-state index in [0.717, 1.165) is 0 Å². The van der Waals surface area contributed by atoms with Crippen molar-refractivity contribution >= 4 is 5.97 Å². The smallest absolute Gasteiger partial charge is 0.346 e. The van der Waals surface area contributed by atoms with Crippen molar-refractivity contribution < 1.29 is 18.7 Å². The fourth-order valence-electron chi connectivity index (χ4n) is 1.40. The minimum Gasteiger partial charge on any atom is -0.479 e. The van der Waals surface area contributed by atoms with Gasteiger partial charge >= 0.3 is 5.97 Å². The summed E-state index contributed by atoms with van der Waals surface area (Å²) in [7, 11) is 3.04. The van der Waals surface area contributed by atoms with Gasteiger partial charge in [0.15, 0.2) is 6.10 Å². The standard InChI is InChI=1S/C12H16FNO3/c1-8(12(15)16-3)17-11-5-4-10(13)6-9(11)7-14-2/h4-6,8,14H,7H2,1-3H3. The minimum absolute atomic E-state index is 0.340. The quantitative estimate of drug-likeness (QED) is 0.793. The predicted octanol–water partition coefficient (Wildman–Crippen LogP) is 1.49. The molecule has 0 radical (unpaired) electrons. The van der Waals surface area contributed by atoms with Gasteiger partial charge in [0.2, 0.25) is 0 Å². The van der Waals surface area contributed by atoms with E-state index in [0.29, 0.717) is 17.9 Å². The summed E-state index contributed by atoms with van der Waals surface area (Å²) in [6.45, 7) is 2.04. The van der Waals surface area contributed by atoms with Crippen LogP contribution in [0.15, 0.2) is 18.2 Å². The average molecular weight is 241 g/mol. The van der Waals surface area contributed by atoms with E-state index in [4.69, 9.17) is 4.74 Å². The van der Waals surface area contributed by atoms with Crippen molar-refractivity contribution in [3.05, 3.63) is 29.6 Å². The van der Waals surface area contributed by atoms with Crippen molar-refractivity contribution in [2.75, 3.05) is 14.2 Å².